The van der Waals surface area contributed by atoms with Gasteiger partial charge in [-0.1, -0.05) is 37.5 Å². The van der Waals surface area contributed by atoms with E-state index in [9.17, 15) is 4.79 Å². The summed E-state index contributed by atoms with van der Waals surface area (Å²) in [6.07, 6.45) is 8.03. The molecule has 0 radical (unpaired) electrons. The van der Waals surface area contributed by atoms with Gasteiger partial charge in [0, 0.05) is 31.3 Å². The maximum Gasteiger partial charge on any atom is 0.226 e. The van der Waals surface area contributed by atoms with E-state index < -0.39 is 0 Å². The van der Waals surface area contributed by atoms with Crippen LogP contribution in [-0.4, -0.2) is 20.4 Å². The van der Waals surface area contributed by atoms with Gasteiger partial charge in [-0.2, -0.15) is 0 Å². The summed E-state index contributed by atoms with van der Waals surface area (Å²) < 4.78 is 2.09. The number of imidazole rings is 1. The van der Waals surface area contributed by atoms with E-state index in [1.165, 1.54) is 19.3 Å². The molecule has 0 aliphatic heterocycles. The molecule has 4 rings (SSSR count). The SMILES string of the molecule is O=C(CCC1CCC1)Nc1nc2ccccc2n1CCc1ccccn1. The monoisotopic (exact) mass is 348 g/mol. The Hall–Kier alpha value is -2.69. The topological polar surface area (TPSA) is 59.8 Å². The van der Waals surface area contributed by atoms with Crippen molar-refractivity contribution in [2.45, 2.75) is 45.1 Å². The van der Waals surface area contributed by atoms with Gasteiger partial charge in [0.05, 0.1) is 11.0 Å². The average molecular weight is 348 g/mol. The Bertz CT molecular complexity index is 883. The standard InChI is InChI=1S/C21H24N4O/c26-20(12-11-16-6-5-7-16)24-21-23-18-9-1-2-10-19(18)25(21)15-13-17-8-3-4-14-22-17/h1-4,8-10,14,16H,5-7,11-13,15H2,(H,23,24,26). The number of rotatable bonds is 7. The highest BCUT2D eigenvalue weighted by molar-refractivity contribution is 5.91. The number of pyridine rings is 1. The van der Waals surface area contributed by atoms with Crippen LogP contribution in [0.2, 0.25) is 0 Å². The third kappa shape index (κ3) is 3.77. The van der Waals surface area contributed by atoms with Crippen LogP contribution in [0.1, 0.15) is 37.8 Å². The molecule has 0 spiro atoms. The zero-order chi connectivity index (χ0) is 17.8. The summed E-state index contributed by atoms with van der Waals surface area (Å²) in [6, 6.07) is 13.9. The Kier molecular flexibility index (Phi) is 4.95. The van der Waals surface area contributed by atoms with Crippen LogP contribution in [0.25, 0.3) is 11.0 Å². The molecule has 1 amide bonds. The Morgan fingerprint density at radius 2 is 2.00 bits per heavy atom. The lowest BCUT2D eigenvalue weighted by atomic mass is 9.82. The fourth-order valence-electron chi connectivity index (χ4n) is 3.47. The molecule has 134 valence electrons. The lowest BCUT2D eigenvalue weighted by Gasteiger charge is -2.24. The van der Waals surface area contributed by atoms with E-state index in [-0.39, 0.29) is 5.91 Å². The molecule has 2 aromatic heterocycles. The molecule has 1 N–H and O–H groups in total. The molecule has 1 aliphatic carbocycles. The minimum absolute atomic E-state index is 0.0614. The van der Waals surface area contributed by atoms with E-state index in [2.05, 4.69) is 19.9 Å². The van der Waals surface area contributed by atoms with Crippen molar-refractivity contribution >= 4 is 22.9 Å². The number of nitrogens with one attached hydrogen (secondary N) is 1. The summed E-state index contributed by atoms with van der Waals surface area (Å²) in [4.78, 5) is 21.4. The van der Waals surface area contributed by atoms with Gasteiger partial charge in [0.15, 0.2) is 0 Å². The first-order valence-electron chi connectivity index (χ1n) is 9.44. The largest absolute Gasteiger partial charge is 0.310 e. The first-order valence-corrected chi connectivity index (χ1v) is 9.44. The normalized spacial score (nSPS) is 14.3. The number of carbonyl (C=O) groups is 1. The molecule has 26 heavy (non-hydrogen) atoms. The van der Waals surface area contributed by atoms with Gasteiger partial charge in [0.2, 0.25) is 11.9 Å². The molecular formula is C21H24N4O. The number of fused-ring (bicyclic) bond motifs is 1. The summed E-state index contributed by atoms with van der Waals surface area (Å²) in [5.41, 5.74) is 2.98. The second-order valence-corrected chi connectivity index (χ2v) is 7.03. The van der Waals surface area contributed by atoms with Crippen LogP contribution in [0.4, 0.5) is 5.95 Å². The van der Waals surface area contributed by atoms with Crippen LogP contribution in [0.5, 0.6) is 0 Å². The quantitative estimate of drug-likeness (QED) is 0.696. The molecule has 1 fully saturated rings. The zero-order valence-corrected chi connectivity index (χ0v) is 14.9. The molecule has 1 saturated carbocycles. The van der Waals surface area contributed by atoms with E-state index in [0.717, 1.165) is 42.0 Å². The van der Waals surface area contributed by atoms with E-state index in [1.807, 2.05) is 48.7 Å². The second kappa shape index (κ2) is 7.68. The molecule has 0 atom stereocenters. The number of hydrogen-bond donors (Lipinski definition) is 1. The molecule has 3 aromatic rings. The van der Waals surface area contributed by atoms with Crippen LogP contribution in [-0.2, 0) is 17.8 Å². The van der Waals surface area contributed by atoms with Crippen molar-refractivity contribution in [2.75, 3.05) is 5.32 Å². The van der Waals surface area contributed by atoms with Crippen LogP contribution < -0.4 is 5.32 Å². The third-order valence-corrected chi connectivity index (χ3v) is 5.23. The molecule has 0 saturated heterocycles. The third-order valence-electron chi connectivity index (χ3n) is 5.23. The number of hydrogen-bond acceptors (Lipinski definition) is 3. The predicted molar refractivity (Wildman–Crippen MR) is 103 cm³/mol. The maximum atomic E-state index is 12.4. The van der Waals surface area contributed by atoms with Gasteiger partial charge in [-0.3, -0.25) is 15.1 Å². The van der Waals surface area contributed by atoms with E-state index in [4.69, 9.17) is 0 Å². The molecule has 0 unspecified atom stereocenters. The van der Waals surface area contributed by atoms with Gasteiger partial charge in [0.25, 0.3) is 0 Å². The molecule has 5 nitrogen and oxygen atoms in total. The second-order valence-electron chi connectivity index (χ2n) is 7.03. The van der Waals surface area contributed by atoms with E-state index in [1.54, 1.807) is 0 Å². The molecule has 1 aromatic carbocycles. The number of anilines is 1. The predicted octanol–water partition coefficient (Wildman–Crippen LogP) is 4.19. The number of nitrogens with zero attached hydrogens (tertiary/aromatic N) is 3. The summed E-state index contributed by atoms with van der Waals surface area (Å²) >= 11 is 0. The van der Waals surface area contributed by atoms with Crippen molar-refractivity contribution in [1.82, 2.24) is 14.5 Å². The highest BCUT2D eigenvalue weighted by Gasteiger charge is 2.19. The lowest BCUT2D eigenvalue weighted by molar-refractivity contribution is -0.116. The minimum atomic E-state index is 0.0614. The van der Waals surface area contributed by atoms with Crippen molar-refractivity contribution < 1.29 is 4.79 Å². The van der Waals surface area contributed by atoms with Crippen molar-refractivity contribution in [3.8, 4) is 0 Å². The van der Waals surface area contributed by atoms with Crippen LogP contribution in [0.15, 0.2) is 48.7 Å². The fourth-order valence-corrected chi connectivity index (χ4v) is 3.47. The van der Waals surface area contributed by atoms with E-state index in [0.29, 0.717) is 12.4 Å². The zero-order valence-electron chi connectivity index (χ0n) is 14.9. The van der Waals surface area contributed by atoms with Crippen molar-refractivity contribution in [3.05, 3.63) is 54.4 Å². The summed E-state index contributed by atoms with van der Waals surface area (Å²) in [5, 5.41) is 3.03. The van der Waals surface area contributed by atoms with Gasteiger partial charge in [-0.15, -0.1) is 0 Å². The molecule has 1 aliphatic rings. The Labute approximate surface area is 153 Å². The van der Waals surface area contributed by atoms with Crippen LogP contribution in [0, 0.1) is 5.92 Å². The Morgan fingerprint density at radius 3 is 2.77 bits per heavy atom. The highest BCUT2D eigenvalue weighted by atomic mass is 16.1. The summed E-state index contributed by atoms with van der Waals surface area (Å²) in [7, 11) is 0. The number of aryl methyl sites for hydroxylation is 2. The molecule has 2 heterocycles. The number of amides is 1. The van der Waals surface area contributed by atoms with Gasteiger partial charge >= 0.3 is 0 Å². The van der Waals surface area contributed by atoms with Crippen molar-refractivity contribution in [3.63, 3.8) is 0 Å². The van der Waals surface area contributed by atoms with Crippen LogP contribution in [0.3, 0.4) is 0 Å². The summed E-state index contributed by atoms with van der Waals surface area (Å²) in [6.45, 7) is 0.732. The van der Waals surface area contributed by atoms with Crippen molar-refractivity contribution in [2.24, 2.45) is 5.92 Å². The van der Waals surface area contributed by atoms with Gasteiger partial charge in [-0.05, 0) is 36.6 Å². The average Bonchev–Trinajstić information content (AvgIpc) is 2.96. The minimum Gasteiger partial charge on any atom is -0.310 e. The Morgan fingerprint density at radius 1 is 1.15 bits per heavy atom. The molecule has 5 heteroatoms. The maximum absolute atomic E-state index is 12.4. The van der Waals surface area contributed by atoms with Gasteiger partial charge in [-0.25, -0.2) is 4.98 Å². The Balaban J connectivity index is 1.50. The van der Waals surface area contributed by atoms with Crippen molar-refractivity contribution in [1.29, 1.82) is 0 Å². The molecule has 0 bridgehead atoms. The highest BCUT2D eigenvalue weighted by Crippen LogP contribution is 2.30. The summed E-state index contributed by atoms with van der Waals surface area (Å²) in [5.74, 6) is 1.44. The van der Waals surface area contributed by atoms with E-state index >= 15 is 0 Å². The number of para-hydroxylation sites is 2. The number of carbonyl (C=O) groups excluding carboxylic acids is 1. The lowest BCUT2D eigenvalue weighted by Crippen LogP contribution is -2.19. The van der Waals surface area contributed by atoms with Gasteiger partial charge < -0.3 is 4.57 Å². The number of benzene rings is 1. The first kappa shape index (κ1) is 16.8. The van der Waals surface area contributed by atoms with Crippen LogP contribution >= 0.6 is 0 Å². The molecular weight excluding hydrogens is 324 g/mol. The fraction of sp³-hybridized carbons (Fsp3) is 0.381. The van der Waals surface area contributed by atoms with Gasteiger partial charge in [0.1, 0.15) is 0 Å². The first-order chi connectivity index (χ1) is 12.8. The smallest absolute Gasteiger partial charge is 0.226 e. The number of aromatic nitrogens is 3.